The SMILES string of the molecule is Cc1cccc(CN2CCC(NC(=O)CSc3ccc([N+](=O)[O-])cc3)CC2)c1. The van der Waals surface area contributed by atoms with Crippen LogP contribution in [0.15, 0.2) is 53.4 Å². The molecule has 1 saturated heterocycles. The van der Waals surface area contributed by atoms with Gasteiger partial charge < -0.3 is 5.32 Å². The highest BCUT2D eigenvalue weighted by Gasteiger charge is 2.20. The molecule has 0 spiro atoms. The highest BCUT2D eigenvalue weighted by molar-refractivity contribution is 8.00. The van der Waals surface area contributed by atoms with Crippen LogP contribution in [0.5, 0.6) is 0 Å². The van der Waals surface area contributed by atoms with Crippen molar-refractivity contribution in [3.63, 3.8) is 0 Å². The summed E-state index contributed by atoms with van der Waals surface area (Å²) in [6, 6.07) is 15.1. The molecule has 7 heteroatoms. The van der Waals surface area contributed by atoms with Gasteiger partial charge in [0.15, 0.2) is 0 Å². The van der Waals surface area contributed by atoms with Crippen LogP contribution in [0.2, 0.25) is 0 Å². The number of benzene rings is 2. The van der Waals surface area contributed by atoms with E-state index in [0.717, 1.165) is 37.4 Å². The van der Waals surface area contributed by atoms with Gasteiger partial charge in [0, 0.05) is 42.7 Å². The molecule has 1 aliphatic rings. The summed E-state index contributed by atoms with van der Waals surface area (Å²) in [4.78, 5) is 25.8. The van der Waals surface area contributed by atoms with Crippen molar-refractivity contribution >= 4 is 23.4 Å². The Hall–Kier alpha value is -2.38. The summed E-state index contributed by atoms with van der Waals surface area (Å²) in [7, 11) is 0. The Morgan fingerprint density at radius 2 is 1.93 bits per heavy atom. The Kier molecular flexibility index (Phi) is 7.06. The molecule has 3 rings (SSSR count). The van der Waals surface area contributed by atoms with Crippen LogP contribution in [-0.2, 0) is 11.3 Å². The van der Waals surface area contributed by atoms with Crippen LogP contribution in [0.3, 0.4) is 0 Å². The van der Waals surface area contributed by atoms with E-state index in [4.69, 9.17) is 0 Å². The number of carbonyl (C=O) groups excluding carboxylic acids is 1. The van der Waals surface area contributed by atoms with Crippen LogP contribution in [-0.4, -0.2) is 40.6 Å². The first-order valence-corrected chi connectivity index (χ1v) is 10.4. The zero-order valence-corrected chi connectivity index (χ0v) is 16.8. The largest absolute Gasteiger partial charge is 0.353 e. The molecule has 28 heavy (non-hydrogen) atoms. The van der Waals surface area contributed by atoms with Gasteiger partial charge in [-0.15, -0.1) is 11.8 Å². The third kappa shape index (κ3) is 6.07. The third-order valence-corrected chi connectivity index (χ3v) is 5.87. The standard InChI is InChI=1S/C21H25N3O3S/c1-16-3-2-4-17(13-16)14-23-11-9-18(10-12-23)22-21(25)15-28-20-7-5-19(6-8-20)24(26)27/h2-8,13,18H,9-12,14-15H2,1H3,(H,22,25). The Labute approximate surface area is 169 Å². The van der Waals surface area contributed by atoms with E-state index in [2.05, 4.69) is 41.4 Å². The van der Waals surface area contributed by atoms with Crippen molar-refractivity contribution in [1.29, 1.82) is 0 Å². The molecule has 0 aliphatic carbocycles. The molecular weight excluding hydrogens is 374 g/mol. The molecule has 1 fully saturated rings. The number of carbonyl (C=O) groups is 1. The van der Waals surface area contributed by atoms with E-state index in [9.17, 15) is 14.9 Å². The second-order valence-electron chi connectivity index (χ2n) is 7.15. The number of piperidine rings is 1. The van der Waals surface area contributed by atoms with Crippen LogP contribution in [0.4, 0.5) is 5.69 Å². The second kappa shape index (κ2) is 9.71. The molecule has 0 atom stereocenters. The lowest BCUT2D eigenvalue weighted by Gasteiger charge is -2.32. The predicted octanol–water partition coefficient (Wildman–Crippen LogP) is 3.78. The number of rotatable bonds is 7. The van der Waals surface area contributed by atoms with Gasteiger partial charge in [0.2, 0.25) is 5.91 Å². The molecule has 1 heterocycles. The fourth-order valence-electron chi connectivity index (χ4n) is 3.39. The number of amides is 1. The van der Waals surface area contributed by atoms with Gasteiger partial charge >= 0.3 is 0 Å². The topological polar surface area (TPSA) is 75.5 Å². The second-order valence-corrected chi connectivity index (χ2v) is 8.20. The molecule has 6 nitrogen and oxygen atoms in total. The number of hydrogen-bond donors (Lipinski definition) is 1. The number of nitrogens with zero attached hydrogens (tertiary/aromatic N) is 2. The molecule has 1 N–H and O–H groups in total. The average molecular weight is 400 g/mol. The minimum absolute atomic E-state index is 0.0143. The molecule has 2 aromatic carbocycles. The van der Waals surface area contributed by atoms with E-state index in [1.807, 2.05) is 0 Å². The molecule has 1 amide bonds. The normalized spacial score (nSPS) is 15.3. The Balaban J connectivity index is 1.38. The molecule has 0 radical (unpaired) electrons. The maximum atomic E-state index is 12.2. The van der Waals surface area contributed by atoms with Gasteiger partial charge in [-0.05, 0) is 37.5 Å². The lowest BCUT2D eigenvalue weighted by molar-refractivity contribution is -0.384. The van der Waals surface area contributed by atoms with E-state index in [0.29, 0.717) is 5.75 Å². The number of non-ortho nitro benzene ring substituents is 1. The minimum atomic E-state index is -0.424. The first-order valence-electron chi connectivity index (χ1n) is 9.44. The quantitative estimate of drug-likeness (QED) is 0.436. The van der Waals surface area contributed by atoms with Crippen LogP contribution in [0.1, 0.15) is 24.0 Å². The summed E-state index contributed by atoms with van der Waals surface area (Å²) in [5.74, 6) is 0.335. The summed E-state index contributed by atoms with van der Waals surface area (Å²) in [5, 5.41) is 13.8. The summed E-state index contributed by atoms with van der Waals surface area (Å²) in [6.07, 6.45) is 1.92. The van der Waals surface area contributed by atoms with E-state index in [1.54, 1.807) is 12.1 Å². The molecular formula is C21H25N3O3S. The third-order valence-electron chi connectivity index (χ3n) is 4.86. The average Bonchev–Trinajstić information content (AvgIpc) is 2.68. The highest BCUT2D eigenvalue weighted by Crippen LogP contribution is 2.21. The number of aryl methyl sites for hydroxylation is 1. The zero-order valence-electron chi connectivity index (χ0n) is 16.0. The molecule has 0 aromatic heterocycles. The van der Waals surface area contributed by atoms with Crippen molar-refractivity contribution in [2.75, 3.05) is 18.8 Å². The van der Waals surface area contributed by atoms with Gasteiger partial charge in [-0.3, -0.25) is 19.8 Å². The first kappa shape index (κ1) is 20.4. The number of nitrogens with one attached hydrogen (secondary N) is 1. The van der Waals surface area contributed by atoms with E-state index in [1.165, 1.54) is 35.0 Å². The van der Waals surface area contributed by atoms with Crippen LogP contribution in [0, 0.1) is 17.0 Å². The number of hydrogen-bond acceptors (Lipinski definition) is 5. The van der Waals surface area contributed by atoms with Gasteiger partial charge in [-0.2, -0.15) is 0 Å². The van der Waals surface area contributed by atoms with Crippen molar-refractivity contribution in [2.24, 2.45) is 0 Å². The molecule has 148 valence electrons. The van der Waals surface area contributed by atoms with Crippen molar-refractivity contribution in [3.8, 4) is 0 Å². The Morgan fingerprint density at radius 1 is 1.21 bits per heavy atom. The maximum absolute atomic E-state index is 12.2. The molecule has 1 aliphatic heterocycles. The van der Waals surface area contributed by atoms with Gasteiger partial charge in [0.05, 0.1) is 10.7 Å². The zero-order chi connectivity index (χ0) is 19.9. The lowest BCUT2D eigenvalue weighted by Crippen LogP contribution is -2.44. The number of thioether (sulfide) groups is 1. The van der Waals surface area contributed by atoms with Gasteiger partial charge in [0.25, 0.3) is 5.69 Å². The van der Waals surface area contributed by atoms with Gasteiger partial charge in [-0.1, -0.05) is 29.8 Å². The fourth-order valence-corrected chi connectivity index (χ4v) is 4.10. The lowest BCUT2D eigenvalue weighted by atomic mass is 10.0. The Morgan fingerprint density at radius 3 is 2.57 bits per heavy atom. The number of nitro groups is 1. The van der Waals surface area contributed by atoms with Gasteiger partial charge in [0.1, 0.15) is 0 Å². The van der Waals surface area contributed by atoms with Crippen LogP contribution < -0.4 is 5.32 Å². The van der Waals surface area contributed by atoms with Crippen molar-refractivity contribution in [3.05, 3.63) is 69.8 Å². The van der Waals surface area contributed by atoms with Crippen LogP contribution in [0.25, 0.3) is 0 Å². The monoisotopic (exact) mass is 399 g/mol. The molecule has 0 bridgehead atoms. The first-order chi connectivity index (χ1) is 13.5. The molecule has 0 unspecified atom stereocenters. The summed E-state index contributed by atoms with van der Waals surface area (Å²) >= 11 is 1.40. The number of nitro benzene ring substituents is 1. The summed E-state index contributed by atoms with van der Waals surface area (Å²) in [5.41, 5.74) is 2.68. The maximum Gasteiger partial charge on any atom is 0.269 e. The van der Waals surface area contributed by atoms with Crippen LogP contribution >= 0.6 is 11.8 Å². The summed E-state index contributed by atoms with van der Waals surface area (Å²) < 4.78 is 0. The fraction of sp³-hybridized carbons (Fsp3) is 0.381. The van der Waals surface area contributed by atoms with Crippen molar-refractivity contribution < 1.29 is 9.72 Å². The minimum Gasteiger partial charge on any atom is -0.353 e. The van der Waals surface area contributed by atoms with E-state index >= 15 is 0 Å². The summed E-state index contributed by atoms with van der Waals surface area (Å²) in [6.45, 7) is 5.03. The van der Waals surface area contributed by atoms with E-state index < -0.39 is 4.92 Å². The predicted molar refractivity (Wildman–Crippen MR) is 111 cm³/mol. The number of likely N-dealkylation sites (tertiary alicyclic amines) is 1. The van der Waals surface area contributed by atoms with Crippen molar-refractivity contribution in [1.82, 2.24) is 10.2 Å². The van der Waals surface area contributed by atoms with Crippen molar-refractivity contribution in [2.45, 2.75) is 37.2 Å². The molecule has 0 saturated carbocycles. The smallest absolute Gasteiger partial charge is 0.269 e. The highest BCUT2D eigenvalue weighted by atomic mass is 32.2. The van der Waals surface area contributed by atoms with E-state index in [-0.39, 0.29) is 17.6 Å². The van der Waals surface area contributed by atoms with Gasteiger partial charge in [-0.25, -0.2) is 0 Å². The Bertz CT molecular complexity index is 818. The molecule has 2 aromatic rings.